The second-order valence-electron chi connectivity index (χ2n) is 4.01. The Balaban J connectivity index is 2.86. The fourth-order valence-electron chi connectivity index (χ4n) is 1.42. The molecule has 0 aromatic carbocycles. The molecule has 0 saturated carbocycles. The third kappa shape index (κ3) is 13.5. The standard InChI is InChI=1S/C14H26O2/c1-3-5-7-9-11-13-16-14-15-12-10-8-6-4-2/h1H,4-14H2,2H3. The normalized spacial score (nSPS) is 10.2. The molecule has 0 radical (unpaired) electrons. The topological polar surface area (TPSA) is 18.5 Å². The molecule has 0 aromatic heterocycles. The molecular weight excluding hydrogens is 200 g/mol. The van der Waals surface area contributed by atoms with Gasteiger partial charge in [0.1, 0.15) is 6.79 Å². The fourth-order valence-corrected chi connectivity index (χ4v) is 1.42. The van der Waals surface area contributed by atoms with Crippen LogP contribution in [0.1, 0.15) is 58.3 Å². The summed E-state index contributed by atoms with van der Waals surface area (Å²) in [7, 11) is 0. The van der Waals surface area contributed by atoms with Crippen LogP contribution in [0.3, 0.4) is 0 Å². The molecule has 0 amide bonds. The van der Waals surface area contributed by atoms with Crippen LogP contribution in [-0.4, -0.2) is 20.0 Å². The fraction of sp³-hybridized carbons (Fsp3) is 0.857. The molecule has 0 saturated heterocycles. The van der Waals surface area contributed by atoms with Crippen LogP contribution in [0.2, 0.25) is 0 Å². The highest BCUT2D eigenvalue weighted by Crippen LogP contribution is 2.00. The Kier molecular flexibility index (Phi) is 14.0. The molecule has 0 aromatic rings. The second kappa shape index (κ2) is 14.5. The second-order valence-corrected chi connectivity index (χ2v) is 4.01. The summed E-state index contributed by atoms with van der Waals surface area (Å²) < 4.78 is 10.7. The van der Waals surface area contributed by atoms with Gasteiger partial charge in [-0.1, -0.05) is 32.6 Å². The van der Waals surface area contributed by atoms with Gasteiger partial charge in [0.15, 0.2) is 0 Å². The summed E-state index contributed by atoms with van der Waals surface area (Å²) in [4.78, 5) is 0. The Morgan fingerprint density at radius 2 is 1.50 bits per heavy atom. The van der Waals surface area contributed by atoms with Gasteiger partial charge >= 0.3 is 0 Å². The van der Waals surface area contributed by atoms with Gasteiger partial charge in [0, 0.05) is 19.6 Å². The highest BCUT2D eigenvalue weighted by molar-refractivity contribution is 4.82. The molecule has 0 aliphatic carbocycles. The third-order valence-corrected chi connectivity index (χ3v) is 2.42. The van der Waals surface area contributed by atoms with Crippen molar-refractivity contribution >= 4 is 0 Å². The summed E-state index contributed by atoms with van der Waals surface area (Å²) in [6.07, 6.45) is 14.4. The van der Waals surface area contributed by atoms with Crippen LogP contribution >= 0.6 is 0 Å². The van der Waals surface area contributed by atoms with E-state index in [-0.39, 0.29) is 0 Å². The van der Waals surface area contributed by atoms with Crippen molar-refractivity contribution in [2.45, 2.75) is 58.3 Å². The zero-order valence-electron chi connectivity index (χ0n) is 10.7. The molecule has 0 spiro atoms. The summed E-state index contributed by atoms with van der Waals surface area (Å²) in [6.45, 7) is 4.28. The lowest BCUT2D eigenvalue weighted by atomic mass is 10.2. The predicted molar refractivity (Wildman–Crippen MR) is 68.2 cm³/mol. The third-order valence-electron chi connectivity index (χ3n) is 2.42. The molecule has 0 bridgehead atoms. The maximum absolute atomic E-state index is 5.35. The lowest BCUT2D eigenvalue weighted by molar-refractivity contribution is -0.0555. The van der Waals surface area contributed by atoms with Gasteiger partial charge in [-0.3, -0.25) is 0 Å². The number of ether oxygens (including phenoxy) is 2. The number of hydrogen-bond donors (Lipinski definition) is 0. The molecule has 94 valence electrons. The van der Waals surface area contributed by atoms with E-state index in [2.05, 4.69) is 12.8 Å². The lowest BCUT2D eigenvalue weighted by Gasteiger charge is -2.05. The van der Waals surface area contributed by atoms with E-state index in [1.807, 2.05) is 0 Å². The maximum Gasteiger partial charge on any atom is 0.146 e. The summed E-state index contributed by atoms with van der Waals surface area (Å²) in [5, 5.41) is 0. The first-order valence-corrected chi connectivity index (χ1v) is 6.50. The molecule has 0 heterocycles. The van der Waals surface area contributed by atoms with E-state index in [1.54, 1.807) is 0 Å². The average molecular weight is 226 g/mol. The van der Waals surface area contributed by atoms with Gasteiger partial charge < -0.3 is 9.47 Å². The first-order chi connectivity index (χ1) is 7.91. The Morgan fingerprint density at radius 1 is 0.875 bits per heavy atom. The molecule has 0 aliphatic rings. The van der Waals surface area contributed by atoms with Crippen molar-refractivity contribution in [3.8, 4) is 12.3 Å². The van der Waals surface area contributed by atoms with Gasteiger partial charge in [-0.05, 0) is 19.3 Å². The van der Waals surface area contributed by atoms with Crippen LogP contribution in [0, 0.1) is 12.3 Å². The molecule has 0 unspecified atom stereocenters. The van der Waals surface area contributed by atoms with Crippen LogP contribution in [0.4, 0.5) is 0 Å². The summed E-state index contributed by atoms with van der Waals surface area (Å²) >= 11 is 0. The Labute approximate surface area is 101 Å². The minimum absolute atomic E-state index is 0.446. The number of rotatable bonds is 12. The van der Waals surface area contributed by atoms with Crippen LogP contribution < -0.4 is 0 Å². The molecule has 0 fully saturated rings. The van der Waals surface area contributed by atoms with Crippen molar-refractivity contribution in [1.82, 2.24) is 0 Å². The van der Waals surface area contributed by atoms with Crippen LogP contribution in [-0.2, 0) is 9.47 Å². The van der Waals surface area contributed by atoms with Crippen molar-refractivity contribution < 1.29 is 9.47 Å². The van der Waals surface area contributed by atoms with Crippen molar-refractivity contribution in [3.05, 3.63) is 0 Å². The van der Waals surface area contributed by atoms with Gasteiger partial charge in [-0.2, -0.15) is 0 Å². The van der Waals surface area contributed by atoms with Gasteiger partial charge in [0.05, 0.1) is 0 Å². The molecule has 2 heteroatoms. The van der Waals surface area contributed by atoms with E-state index in [1.165, 1.54) is 19.3 Å². The maximum atomic E-state index is 5.35. The van der Waals surface area contributed by atoms with Crippen LogP contribution in [0.25, 0.3) is 0 Å². The van der Waals surface area contributed by atoms with E-state index in [0.29, 0.717) is 6.79 Å². The smallest absolute Gasteiger partial charge is 0.146 e. The number of unbranched alkanes of at least 4 members (excludes halogenated alkanes) is 6. The van der Waals surface area contributed by atoms with Gasteiger partial charge in [-0.25, -0.2) is 0 Å². The van der Waals surface area contributed by atoms with Crippen molar-refractivity contribution in [2.75, 3.05) is 20.0 Å². The number of terminal acetylenes is 1. The molecule has 2 nitrogen and oxygen atoms in total. The van der Waals surface area contributed by atoms with Gasteiger partial charge in [0.25, 0.3) is 0 Å². The van der Waals surface area contributed by atoms with Crippen molar-refractivity contribution in [2.24, 2.45) is 0 Å². The predicted octanol–water partition coefficient (Wildman–Crippen LogP) is 3.75. The largest absolute Gasteiger partial charge is 0.355 e. The quantitative estimate of drug-likeness (QED) is 0.287. The Bertz CT molecular complexity index is 161. The monoisotopic (exact) mass is 226 g/mol. The van der Waals surface area contributed by atoms with Crippen LogP contribution in [0.5, 0.6) is 0 Å². The molecule has 0 N–H and O–H groups in total. The minimum atomic E-state index is 0.446. The van der Waals surface area contributed by atoms with E-state index in [0.717, 1.165) is 45.3 Å². The Hall–Kier alpha value is -0.520. The summed E-state index contributed by atoms with van der Waals surface area (Å²) in [5.41, 5.74) is 0. The highest BCUT2D eigenvalue weighted by atomic mass is 16.7. The summed E-state index contributed by atoms with van der Waals surface area (Å²) in [5.74, 6) is 2.64. The molecule has 0 atom stereocenters. The zero-order valence-corrected chi connectivity index (χ0v) is 10.7. The lowest BCUT2D eigenvalue weighted by Crippen LogP contribution is -2.02. The van der Waals surface area contributed by atoms with E-state index >= 15 is 0 Å². The van der Waals surface area contributed by atoms with Crippen molar-refractivity contribution in [3.63, 3.8) is 0 Å². The Morgan fingerprint density at radius 3 is 2.06 bits per heavy atom. The van der Waals surface area contributed by atoms with E-state index in [4.69, 9.17) is 15.9 Å². The average Bonchev–Trinajstić information content (AvgIpc) is 2.31. The summed E-state index contributed by atoms with van der Waals surface area (Å²) in [6, 6.07) is 0. The van der Waals surface area contributed by atoms with Gasteiger partial charge in [0.2, 0.25) is 0 Å². The molecule has 16 heavy (non-hydrogen) atoms. The number of hydrogen-bond acceptors (Lipinski definition) is 2. The first-order valence-electron chi connectivity index (χ1n) is 6.50. The van der Waals surface area contributed by atoms with E-state index in [9.17, 15) is 0 Å². The van der Waals surface area contributed by atoms with E-state index < -0.39 is 0 Å². The first kappa shape index (κ1) is 15.5. The SMILES string of the molecule is C#CCCCCCOCOCCCCCC. The van der Waals surface area contributed by atoms with Crippen LogP contribution in [0.15, 0.2) is 0 Å². The minimum Gasteiger partial charge on any atom is -0.355 e. The zero-order chi connectivity index (χ0) is 11.9. The molecule has 0 rings (SSSR count). The highest BCUT2D eigenvalue weighted by Gasteiger charge is 1.91. The molecular formula is C14H26O2. The van der Waals surface area contributed by atoms with Crippen molar-refractivity contribution in [1.29, 1.82) is 0 Å². The molecule has 0 aliphatic heterocycles. The van der Waals surface area contributed by atoms with Gasteiger partial charge in [-0.15, -0.1) is 12.3 Å².